The number of benzene rings is 1. The highest BCUT2D eigenvalue weighted by Crippen LogP contribution is 2.39. The maximum absolute atomic E-state index is 13.6. The monoisotopic (exact) mass is 456 g/mol. The van der Waals surface area contributed by atoms with E-state index in [0.717, 1.165) is 18.4 Å². The van der Waals surface area contributed by atoms with Crippen LogP contribution in [0, 0.1) is 5.92 Å². The molecule has 10 heteroatoms. The van der Waals surface area contributed by atoms with Crippen molar-refractivity contribution in [1.29, 1.82) is 0 Å². The Morgan fingerprint density at radius 2 is 2.03 bits per heavy atom. The third-order valence-corrected chi connectivity index (χ3v) is 8.11. The molecule has 1 fully saturated rings. The predicted octanol–water partition coefficient (Wildman–Crippen LogP) is 2.11. The summed E-state index contributed by atoms with van der Waals surface area (Å²) in [5, 5.41) is 4.20. The zero-order chi connectivity index (χ0) is 22.8. The molecule has 9 nitrogen and oxygen atoms in total. The van der Waals surface area contributed by atoms with E-state index in [1.165, 1.54) is 6.07 Å². The van der Waals surface area contributed by atoms with Crippen LogP contribution in [-0.4, -0.2) is 53.1 Å². The molecule has 0 unspecified atom stereocenters. The van der Waals surface area contributed by atoms with E-state index in [2.05, 4.69) is 28.6 Å². The molecule has 0 bridgehead atoms. The van der Waals surface area contributed by atoms with Gasteiger partial charge in [0, 0.05) is 24.3 Å². The lowest BCUT2D eigenvalue weighted by Crippen LogP contribution is -2.53. The Morgan fingerprint density at radius 1 is 1.28 bits per heavy atom. The van der Waals surface area contributed by atoms with Crippen LogP contribution in [0.15, 0.2) is 40.5 Å². The van der Waals surface area contributed by atoms with E-state index in [-0.39, 0.29) is 22.4 Å². The molecule has 3 aliphatic rings. The fraction of sp³-hybridized carbons (Fsp3) is 0.500. The highest BCUT2D eigenvalue weighted by molar-refractivity contribution is 7.89. The minimum absolute atomic E-state index is 0.0965. The molecule has 0 saturated heterocycles. The first-order chi connectivity index (χ1) is 15.1. The Morgan fingerprint density at radius 3 is 2.66 bits per heavy atom. The Bertz CT molecular complexity index is 1230. The van der Waals surface area contributed by atoms with E-state index in [0.29, 0.717) is 36.2 Å². The number of sulfonamides is 1. The molecule has 1 amide bonds. The summed E-state index contributed by atoms with van der Waals surface area (Å²) >= 11 is 0. The summed E-state index contributed by atoms with van der Waals surface area (Å²) in [4.78, 5) is 22.1. The van der Waals surface area contributed by atoms with Gasteiger partial charge in [0.15, 0.2) is 0 Å². The van der Waals surface area contributed by atoms with Crippen molar-refractivity contribution < 1.29 is 13.2 Å². The number of hydrogen-bond donors (Lipinski definition) is 1. The molecule has 1 atom stereocenters. The van der Waals surface area contributed by atoms with Crippen molar-refractivity contribution in [3.63, 3.8) is 0 Å². The Kier molecular flexibility index (Phi) is 4.72. The van der Waals surface area contributed by atoms with Crippen LogP contribution in [0.4, 0.5) is 5.69 Å². The molecule has 0 radical (unpaired) electrons. The number of nitrogens with zero attached hydrogens (tertiary/aromatic N) is 5. The molecule has 1 aliphatic carbocycles. The van der Waals surface area contributed by atoms with Gasteiger partial charge in [0.1, 0.15) is 0 Å². The zero-order valence-electron chi connectivity index (χ0n) is 18.7. The number of aryl methyl sites for hydroxylation is 1. The van der Waals surface area contributed by atoms with Crippen LogP contribution in [0.2, 0.25) is 0 Å². The van der Waals surface area contributed by atoms with Gasteiger partial charge in [0.05, 0.1) is 41.5 Å². The van der Waals surface area contributed by atoms with Gasteiger partial charge >= 0.3 is 0 Å². The van der Waals surface area contributed by atoms with E-state index in [1.54, 1.807) is 27.9 Å². The standard InChI is InChI=1S/C22H28N6O3S/c1-14(2)19-11-23-21-27(13-15-10-24-26(4)12-15)20(29)17-9-16(5-6-18(17)28(19)21)32(30,31)25-22(3)7-8-22/h5-6,9-10,12,14,19,25H,7-8,11,13H2,1-4H3/t19-/m1/s1. The molecule has 0 spiro atoms. The van der Waals surface area contributed by atoms with Crippen LogP contribution in [0.25, 0.3) is 0 Å². The van der Waals surface area contributed by atoms with Crippen molar-refractivity contribution in [2.24, 2.45) is 18.0 Å². The van der Waals surface area contributed by atoms with E-state index < -0.39 is 10.0 Å². The van der Waals surface area contributed by atoms with Crippen LogP contribution in [-0.2, 0) is 23.6 Å². The molecule has 1 N–H and O–H groups in total. The number of amides is 1. The Labute approximate surface area is 188 Å². The van der Waals surface area contributed by atoms with E-state index in [9.17, 15) is 13.2 Å². The second-order valence-corrected chi connectivity index (χ2v) is 11.3. The van der Waals surface area contributed by atoms with Crippen LogP contribution in [0.5, 0.6) is 0 Å². The minimum atomic E-state index is -3.72. The van der Waals surface area contributed by atoms with E-state index >= 15 is 0 Å². The number of hydrogen-bond acceptors (Lipinski definition) is 6. The van der Waals surface area contributed by atoms with Gasteiger partial charge in [-0.1, -0.05) is 13.8 Å². The lowest BCUT2D eigenvalue weighted by molar-refractivity contribution is 0.0832. The SMILES string of the molecule is CC(C)[C@H]1CN=C2N(Cc3cnn(C)c3)C(=O)c3cc(S(=O)(=O)NC4(C)CC4)ccc3N21. The number of carbonyl (C=O) groups excluding carboxylic acids is 1. The minimum Gasteiger partial charge on any atom is -0.306 e. The third kappa shape index (κ3) is 3.51. The highest BCUT2D eigenvalue weighted by Gasteiger charge is 2.44. The predicted molar refractivity (Wildman–Crippen MR) is 121 cm³/mol. The first kappa shape index (κ1) is 21.1. The molecule has 170 valence electrons. The maximum atomic E-state index is 13.6. The smallest absolute Gasteiger partial charge is 0.263 e. The van der Waals surface area contributed by atoms with Crippen molar-refractivity contribution in [1.82, 2.24) is 19.4 Å². The van der Waals surface area contributed by atoms with Gasteiger partial charge in [-0.25, -0.2) is 13.1 Å². The summed E-state index contributed by atoms with van der Waals surface area (Å²) < 4.78 is 30.4. The fourth-order valence-electron chi connectivity index (χ4n) is 4.34. The highest BCUT2D eigenvalue weighted by atomic mass is 32.2. The summed E-state index contributed by atoms with van der Waals surface area (Å²) in [5.74, 6) is 0.666. The molecular formula is C22H28N6O3S. The van der Waals surface area contributed by atoms with Gasteiger partial charge < -0.3 is 4.90 Å². The number of anilines is 1. The first-order valence-corrected chi connectivity index (χ1v) is 12.4. The number of aromatic nitrogens is 2. The molecule has 1 saturated carbocycles. The van der Waals surface area contributed by atoms with E-state index in [4.69, 9.17) is 4.99 Å². The number of nitrogens with one attached hydrogen (secondary N) is 1. The lowest BCUT2D eigenvalue weighted by atomic mass is 10.00. The first-order valence-electron chi connectivity index (χ1n) is 10.9. The molecule has 1 aromatic carbocycles. The molecule has 2 aliphatic heterocycles. The Balaban J connectivity index is 1.57. The second-order valence-electron chi connectivity index (χ2n) is 9.58. The van der Waals surface area contributed by atoms with Gasteiger partial charge in [0.25, 0.3) is 5.91 Å². The normalized spacial score (nSPS) is 21.6. The summed E-state index contributed by atoms with van der Waals surface area (Å²) in [6, 6.07) is 4.94. The van der Waals surface area contributed by atoms with Gasteiger partial charge in [0.2, 0.25) is 16.0 Å². The average Bonchev–Trinajstić information content (AvgIpc) is 3.12. The quantitative estimate of drug-likeness (QED) is 0.718. The van der Waals surface area contributed by atoms with Crippen LogP contribution >= 0.6 is 0 Å². The topological polar surface area (TPSA) is 99.9 Å². The van der Waals surface area contributed by atoms with Gasteiger partial charge in [-0.15, -0.1) is 0 Å². The second kappa shape index (κ2) is 7.14. The van der Waals surface area contributed by atoms with Crippen LogP contribution in [0.1, 0.15) is 49.5 Å². The average molecular weight is 457 g/mol. The zero-order valence-corrected chi connectivity index (χ0v) is 19.6. The van der Waals surface area contributed by atoms with Gasteiger partial charge in [-0.3, -0.25) is 19.4 Å². The number of fused-ring (bicyclic) bond motifs is 3. The van der Waals surface area contributed by atoms with Crippen LogP contribution in [0.3, 0.4) is 0 Å². The molecule has 2 aromatic rings. The summed E-state index contributed by atoms with van der Waals surface area (Å²) in [6.45, 7) is 7.06. The summed E-state index contributed by atoms with van der Waals surface area (Å²) in [6.07, 6.45) is 5.23. The molecule has 5 rings (SSSR count). The Hall–Kier alpha value is -2.72. The molecular weight excluding hydrogens is 428 g/mol. The number of aliphatic imine (C=N–C) groups is 1. The third-order valence-electron chi connectivity index (χ3n) is 6.47. The maximum Gasteiger partial charge on any atom is 0.263 e. The van der Waals surface area contributed by atoms with Gasteiger partial charge in [-0.05, 0) is 43.9 Å². The number of rotatable bonds is 6. The lowest BCUT2D eigenvalue weighted by Gasteiger charge is -2.40. The number of guanidine groups is 1. The van der Waals surface area contributed by atoms with Crippen LogP contribution < -0.4 is 9.62 Å². The van der Waals surface area contributed by atoms with Crippen molar-refractivity contribution in [2.75, 3.05) is 11.4 Å². The summed E-state index contributed by atoms with van der Waals surface area (Å²) in [5.41, 5.74) is 1.59. The fourth-order valence-corrected chi connectivity index (χ4v) is 5.83. The largest absolute Gasteiger partial charge is 0.306 e. The van der Waals surface area contributed by atoms with Crippen molar-refractivity contribution in [2.45, 2.75) is 56.6 Å². The van der Waals surface area contributed by atoms with Crippen molar-refractivity contribution >= 4 is 27.6 Å². The van der Waals surface area contributed by atoms with E-state index in [1.807, 2.05) is 20.2 Å². The summed E-state index contributed by atoms with van der Waals surface area (Å²) in [7, 11) is -1.89. The van der Waals surface area contributed by atoms with Crippen molar-refractivity contribution in [3.05, 3.63) is 41.7 Å². The molecule has 3 heterocycles. The number of carbonyl (C=O) groups is 1. The van der Waals surface area contributed by atoms with Crippen molar-refractivity contribution in [3.8, 4) is 0 Å². The molecule has 32 heavy (non-hydrogen) atoms. The molecule has 1 aromatic heterocycles. The van der Waals surface area contributed by atoms with Gasteiger partial charge in [-0.2, -0.15) is 5.10 Å².